The maximum atomic E-state index is 14.6. The lowest BCUT2D eigenvalue weighted by atomic mass is 10.0. The Labute approximate surface area is 149 Å². The quantitative estimate of drug-likeness (QED) is 0.336. The number of nitrogens with zero attached hydrogens (tertiary/aromatic N) is 4. The maximum absolute atomic E-state index is 14.6. The topological polar surface area (TPSA) is 112 Å². The van der Waals surface area contributed by atoms with Crippen LogP contribution in [0.1, 0.15) is 12.0 Å². The van der Waals surface area contributed by atoms with Gasteiger partial charge in [0.1, 0.15) is 5.82 Å². The van der Waals surface area contributed by atoms with Crippen molar-refractivity contribution in [1.29, 1.82) is 0 Å². The highest BCUT2D eigenvalue weighted by Crippen LogP contribution is 2.30. The summed E-state index contributed by atoms with van der Waals surface area (Å²) in [6.07, 6.45) is 1.10. The van der Waals surface area contributed by atoms with E-state index in [0.29, 0.717) is 29.7 Å². The summed E-state index contributed by atoms with van der Waals surface area (Å²) in [5.74, 6) is -0.567. The standard InChI is InChI=1S/C16H17FN4O4S/c17-15-7-12(21-9-13(8-19-20-18)25-16(21)10-22)1-2-14(15)11-3-5-26(23,24)6-4-11/h1-3,7,10,13,16H,4-6,8-9H2/t13-,16?/m0/s1. The number of aldehydes is 1. The Morgan fingerprint density at radius 3 is 2.88 bits per heavy atom. The van der Waals surface area contributed by atoms with Gasteiger partial charge in [-0.1, -0.05) is 11.2 Å². The van der Waals surface area contributed by atoms with Crippen LogP contribution in [0.2, 0.25) is 0 Å². The summed E-state index contributed by atoms with van der Waals surface area (Å²) in [6.45, 7) is 0.376. The third-order valence-electron chi connectivity index (χ3n) is 4.40. The molecule has 2 aliphatic rings. The van der Waals surface area contributed by atoms with Crippen molar-refractivity contribution < 1.29 is 22.3 Å². The normalized spacial score (nSPS) is 24.7. The molecule has 1 aromatic carbocycles. The molecule has 1 unspecified atom stereocenters. The Morgan fingerprint density at radius 2 is 2.27 bits per heavy atom. The minimum atomic E-state index is -3.08. The Hall–Kier alpha value is -2.42. The number of azide groups is 1. The van der Waals surface area contributed by atoms with Crippen LogP contribution in [-0.4, -0.2) is 51.6 Å². The van der Waals surface area contributed by atoms with Gasteiger partial charge < -0.3 is 9.64 Å². The maximum Gasteiger partial charge on any atom is 0.187 e. The lowest BCUT2D eigenvalue weighted by Gasteiger charge is -2.22. The number of anilines is 1. The summed E-state index contributed by atoms with van der Waals surface area (Å²) in [7, 11) is -3.08. The molecule has 2 atom stereocenters. The zero-order valence-electron chi connectivity index (χ0n) is 13.8. The summed E-state index contributed by atoms with van der Waals surface area (Å²) in [5.41, 5.74) is 9.87. The number of halogens is 1. The van der Waals surface area contributed by atoms with Crippen molar-refractivity contribution in [3.05, 3.63) is 46.1 Å². The fraction of sp³-hybridized carbons (Fsp3) is 0.438. The fourth-order valence-corrected chi connectivity index (χ4v) is 4.24. The molecule has 0 aromatic heterocycles. The summed E-state index contributed by atoms with van der Waals surface area (Å²) < 4.78 is 43.1. The minimum Gasteiger partial charge on any atom is -0.346 e. The number of carbonyl (C=O) groups is 1. The van der Waals surface area contributed by atoms with Gasteiger partial charge in [-0.15, -0.1) is 0 Å². The molecule has 0 N–H and O–H groups in total. The molecule has 0 bridgehead atoms. The number of sulfone groups is 1. The molecule has 3 rings (SSSR count). The number of rotatable bonds is 5. The first-order valence-electron chi connectivity index (χ1n) is 8.01. The molecule has 0 aliphatic carbocycles. The van der Waals surface area contributed by atoms with Gasteiger partial charge in [-0.3, -0.25) is 4.79 Å². The van der Waals surface area contributed by atoms with E-state index in [1.807, 2.05) is 0 Å². The third-order valence-corrected chi connectivity index (χ3v) is 5.90. The average molecular weight is 380 g/mol. The van der Waals surface area contributed by atoms with E-state index in [1.54, 1.807) is 23.1 Å². The second kappa shape index (κ2) is 7.45. The molecule has 138 valence electrons. The van der Waals surface area contributed by atoms with Gasteiger partial charge in [0.25, 0.3) is 0 Å². The zero-order valence-corrected chi connectivity index (χ0v) is 14.6. The van der Waals surface area contributed by atoms with Crippen LogP contribution in [0.4, 0.5) is 10.1 Å². The highest BCUT2D eigenvalue weighted by Gasteiger charge is 2.33. The molecule has 2 aliphatic heterocycles. The van der Waals surface area contributed by atoms with Crippen LogP contribution in [0.25, 0.3) is 16.0 Å². The van der Waals surface area contributed by atoms with Gasteiger partial charge in [0.2, 0.25) is 0 Å². The first-order valence-corrected chi connectivity index (χ1v) is 9.83. The van der Waals surface area contributed by atoms with E-state index in [2.05, 4.69) is 10.0 Å². The Bertz CT molecular complexity index is 896. The van der Waals surface area contributed by atoms with Crippen molar-refractivity contribution in [1.82, 2.24) is 0 Å². The number of benzene rings is 1. The summed E-state index contributed by atoms with van der Waals surface area (Å²) in [5, 5.41) is 3.44. The van der Waals surface area contributed by atoms with E-state index in [0.717, 1.165) is 0 Å². The first-order chi connectivity index (χ1) is 12.4. The van der Waals surface area contributed by atoms with E-state index < -0.39 is 28.0 Å². The predicted octanol–water partition coefficient (Wildman–Crippen LogP) is 2.07. The van der Waals surface area contributed by atoms with E-state index in [1.165, 1.54) is 6.07 Å². The fourth-order valence-electron chi connectivity index (χ4n) is 3.09. The van der Waals surface area contributed by atoms with Crippen LogP contribution in [0, 0.1) is 5.82 Å². The number of hydrogen-bond acceptors (Lipinski definition) is 6. The molecule has 1 aromatic rings. The van der Waals surface area contributed by atoms with E-state index in [9.17, 15) is 17.6 Å². The van der Waals surface area contributed by atoms with Gasteiger partial charge in [-0.05, 0) is 35.7 Å². The molecule has 8 nitrogen and oxygen atoms in total. The van der Waals surface area contributed by atoms with E-state index in [4.69, 9.17) is 10.3 Å². The summed E-state index contributed by atoms with van der Waals surface area (Å²) >= 11 is 0. The molecule has 0 saturated carbocycles. The average Bonchev–Trinajstić information content (AvgIpc) is 3.03. The van der Waals surface area contributed by atoms with Gasteiger partial charge in [0.15, 0.2) is 22.4 Å². The summed E-state index contributed by atoms with van der Waals surface area (Å²) in [4.78, 5) is 15.5. The lowest BCUT2D eigenvalue weighted by molar-refractivity contribution is -0.117. The molecule has 1 saturated heterocycles. The van der Waals surface area contributed by atoms with Gasteiger partial charge in [-0.25, -0.2) is 12.8 Å². The van der Waals surface area contributed by atoms with Crippen molar-refractivity contribution >= 4 is 27.4 Å². The van der Waals surface area contributed by atoms with E-state index >= 15 is 0 Å². The van der Waals surface area contributed by atoms with Crippen LogP contribution in [0.15, 0.2) is 29.4 Å². The molecule has 2 heterocycles. The highest BCUT2D eigenvalue weighted by atomic mass is 32.2. The molecular weight excluding hydrogens is 363 g/mol. The van der Waals surface area contributed by atoms with Crippen molar-refractivity contribution in [3.63, 3.8) is 0 Å². The number of carbonyl (C=O) groups excluding carboxylic acids is 1. The molecule has 0 radical (unpaired) electrons. The van der Waals surface area contributed by atoms with Crippen molar-refractivity contribution in [2.75, 3.05) is 29.5 Å². The first kappa shape index (κ1) is 18.4. The number of ether oxygens (including phenoxy) is 1. The Kier molecular flexibility index (Phi) is 5.26. The van der Waals surface area contributed by atoms with Gasteiger partial charge >= 0.3 is 0 Å². The van der Waals surface area contributed by atoms with E-state index in [-0.39, 0.29) is 24.5 Å². The number of allylic oxidation sites excluding steroid dienone is 1. The van der Waals surface area contributed by atoms with Gasteiger partial charge in [0.05, 0.1) is 24.2 Å². The van der Waals surface area contributed by atoms with Gasteiger partial charge in [0, 0.05) is 22.7 Å². The molecule has 0 spiro atoms. The second-order valence-corrected chi connectivity index (χ2v) is 8.34. The van der Waals surface area contributed by atoms with Crippen LogP contribution in [-0.2, 0) is 19.4 Å². The van der Waals surface area contributed by atoms with Crippen LogP contribution in [0.3, 0.4) is 0 Å². The molecule has 1 fully saturated rings. The van der Waals surface area contributed by atoms with Crippen LogP contribution >= 0.6 is 0 Å². The molecular formula is C16H17FN4O4S. The monoisotopic (exact) mass is 380 g/mol. The van der Waals surface area contributed by atoms with Crippen LogP contribution in [0.5, 0.6) is 0 Å². The van der Waals surface area contributed by atoms with Gasteiger partial charge in [-0.2, -0.15) is 0 Å². The van der Waals surface area contributed by atoms with Crippen molar-refractivity contribution in [2.24, 2.45) is 5.11 Å². The molecule has 26 heavy (non-hydrogen) atoms. The molecule has 10 heteroatoms. The SMILES string of the molecule is [N-]=[N+]=NC[C@H]1CN(c2ccc(C3=CCS(=O)(=O)CC3)c(F)c2)C(C=O)O1. The predicted molar refractivity (Wildman–Crippen MR) is 93.7 cm³/mol. The lowest BCUT2D eigenvalue weighted by Crippen LogP contribution is -2.31. The zero-order chi connectivity index (χ0) is 18.7. The Balaban J connectivity index is 1.82. The van der Waals surface area contributed by atoms with Crippen molar-refractivity contribution in [2.45, 2.75) is 18.8 Å². The Morgan fingerprint density at radius 1 is 1.46 bits per heavy atom. The highest BCUT2D eigenvalue weighted by molar-refractivity contribution is 7.91. The van der Waals surface area contributed by atoms with Crippen LogP contribution < -0.4 is 4.90 Å². The summed E-state index contributed by atoms with van der Waals surface area (Å²) in [6, 6.07) is 4.55. The minimum absolute atomic E-state index is 0.00823. The van der Waals surface area contributed by atoms with Crippen molar-refractivity contribution in [3.8, 4) is 0 Å². The smallest absolute Gasteiger partial charge is 0.187 e. The molecule has 0 amide bonds. The number of hydrogen-bond donors (Lipinski definition) is 0. The second-order valence-electron chi connectivity index (χ2n) is 6.11. The largest absolute Gasteiger partial charge is 0.346 e. The third kappa shape index (κ3) is 3.87.